The van der Waals surface area contributed by atoms with Crippen LogP contribution in [-0.2, 0) is 0 Å². The fraction of sp³-hybridized carbons (Fsp3) is 0.318. The third-order valence-corrected chi connectivity index (χ3v) is 5.01. The average molecular weight is 377 g/mol. The van der Waals surface area contributed by atoms with E-state index in [1.165, 1.54) is 0 Å². The molecule has 6 nitrogen and oxygen atoms in total. The number of carbonyl (C=O) groups is 1. The molecule has 0 unspecified atom stereocenters. The van der Waals surface area contributed by atoms with Crippen LogP contribution >= 0.6 is 0 Å². The number of amides is 1. The molecule has 3 aromatic rings. The van der Waals surface area contributed by atoms with Crippen LogP contribution in [0.2, 0.25) is 0 Å². The Morgan fingerprint density at radius 3 is 2.54 bits per heavy atom. The number of ether oxygens (including phenoxy) is 1. The lowest BCUT2D eigenvalue weighted by Crippen LogP contribution is -2.42. The Morgan fingerprint density at radius 2 is 1.86 bits per heavy atom. The molecule has 4 rings (SSSR count). The molecule has 6 heteroatoms. The Morgan fingerprint density at radius 1 is 1.11 bits per heavy atom. The Labute approximate surface area is 164 Å². The van der Waals surface area contributed by atoms with Gasteiger partial charge in [0.25, 0.3) is 5.91 Å². The number of likely N-dealkylation sites (tertiary alicyclic amines) is 1. The van der Waals surface area contributed by atoms with Crippen LogP contribution in [0, 0.1) is 13.8 Å². The molecule has 0 radical (unpaired) electrons. The zero-order chi connectivity index (χ0) is 19.5. The zero-order valence-corrected chi connectivity index (χ0v) is 16.1. The van der Waals surface area contributed by atoms with E-state index in [0.717, 1.165) is 24.0 Å². The SMILES string of the molecule is Cc1ccc(OC2CCN(C(=O)c3c(C)noc3-c3ccccc3)CC2)nc1. The van der Waals surface area contributed by atoms with Crippen molar-refractivity contribution in [1.29, 1.82) is 0 Å². The lowest BCUT2D eigenvalue weighted by molar-refractivity contribution is 0.0587. The van der Waals surface area contributed by atoms with E-state index in [-0.39, 0.29) is 12.0 Å². The molecule has 1 aliphatic heterocycles. The van der Waals surface area contributed by atoms with Crippen molar-refractivity contribution in [3.63, 3.8) is 0 Å². The summed E-state index contributed by atoms with van der Waals surface area (Å²) in [6.07, 6.45) is 3.41. The van der Waals surface area contributed by atoms with Crippen LogP contribution < -0.4 is 4.74 Å². The van der Waals surface area contributed by atoms with Gasteiger partial charge in [0.15, 0.2) is 5.76 Å². The van der Waals surface area contributed by atoms with E-state index >= 15 is 0 Å². The predicted molar refractivity (Wildman–Crippen MR) is 105 cm³/mol. The Hall–Kier alpha value is -3.15. The maximum Gasteiger partial charge on any atom is 0.259 e. The summed E-state index contributed by atoms with van der Waals surface area (Å²) in [5.74, 6) is 1.13. The first kappa shape index (κ1) is 18.2. The van der Waals surface area contributed by atoms with Gasteiger partial charge in [-0.2, -0.15) is 0 Å². The molecule has 1 aromatic carbocycles. The zero-order valence-electron chi connectivity index (χ0n) is 16.1. The standard InChI is InChI=1S/C22H23N3O3/c1-15-8-9-19(23-14-15)27-18-10-12-25(13-11-18)22(26)20-16(2)24-28-21(20)17-6-4-3-5-7-17/h3-9,14,18H,10-13H2,1-2H3. The van der Waals surface area contributed by atoms with Gasteiger partial charge in [-0.25, -0.2) is 4.98 Å². The van der Waals surface area contributed by atoms with Crippen LogP contribution in [0.5, 0.6) is 5.88 Å². The summed E-state index contributed by atoms with van der Waals surface area (Å²) < 4.78 is 11.4. The van der Waals surface area contributed by atoms with Gasteiger partial charge in [-0.1, -0.05) is 41.6 Å². The molecular weight excluding hydrogens is 354 g/mol. The van der Waals surface area contributed by atoms with Crippen molar-refractivity contribution in [2.45, 2.75) is 32.8 Å². The highest BCUT2D eigenvalue weighted by Crippen LogP contribution is 2.28. The van der Waals surface area contributed by atoms with Crippen LogP contribution in [0.25, 0.3) is 11.3 Å². The first-order chi connectivity index (χ1) is 13.6. The molecule has 2 aromatic heterocycles. The lowest BCUT2D eigenvalue weighted by Gasteiger charge is -2.32. The lowest BCUT2D eigenvalue weighted by atomic mass is 10.0. The van der Waals surface area contributed by atoms with Gasteiger partial charge in [0.05, 0.1) is 5.69 Å². The van der Waals surface area contributed by atoms with Crippen molar-refractivity contribution in [3.05, 3.63) is 65.5 Å². The van der Waals surface area contributed by atoms with E-state index in [1.54, 1.807) is 6.20 Å². The number of hydrogen-bond acceptors (Lipinski definition) is 5. The third kappa shape index (κ3) is 3.76. The summed E-state index contributed by atoms with van der Waals surface area (Å²) in [7, 11) is 0. The Kier molecular flexibility index (Phi) is 5.10. The Bertz CT molecular complexity index is 943. The first-order valence-corrected chi connectivity index (χ1v) is 9.52. The second-order valence-electron chi connectivity index (χ2n) is 7.12. The van der Waals surface area contributed by atoms with Gasteiger partial charge < -0.3 is 14.2 Å². The number of pyridine rings is 1. The molecule has 28 heavy (non-hydrogen) atoms. The summed E-state index contributed by atoms with van der Waals surface area (Å²) in [6, 6.07) is 13.5. The molecule has 1 fully saturated rings. The molecule has 0 saturated carbocycles. The second kappa shape index (κ2) is 7.84. The minimum absolute atomic E-state index is 0.0375. The minimum atomic E-state index is -0.0375. The van der Waals surface area contributed by atoms with Crippen LogP contribution in [0.3, 0.4) is 0 Å². The summed E-state index contributed by atoms with van der Waals surface area (Å²) in [5, 5.41) is 4.03. The van der Waals surface area contributed by atoms with Crippen LogP contribution in [0.4, 0.5) is 0 Å². The second-order valence-corrected chi connectivity index (χ2v) is 7.12. The molecule has 1 saturated heterocycles. The van der Waals surface area contributed by atoms with E-state index < -0.39 is 0 Å². The summed E-state index contributed by atoms with van der Waals surface area (Å²) >= 11 is 0. The Balaban J connectivity index is 1.43. The normalized spacial score (nSPS) is 14.9. The average Bonchev–Trinajstić information content (AvgIpc) is 3.12. The quantitative estimate of drug-likeness (QED) is 0.686. The van der Waals surface area contributed by atoms with Gasteiger partial charge in [0.2, 0.25) is 5.88 Å². The minimum Gasteiger partial charge on any atom is -0.474 e. The number of piperidine rings is 1. The molecule has 3 heterocycles. The molecule has 1 amide bonds. The molecule has 1 aliphatic rings. The van der Waals surface area contributed by atoms with E-state index in [0.29, 0.717) is 36.0 Å². The summed E-state index contributed by atoms with van der Waals surface area (Å²) in [6.45, 7) is 5.07. The highest BCUT2D eigenvalue weighted by Gasteiger charge is 2.30. The van der Waals surface area contributed by atoms with Gasteiger partial charge in [0.1, 0.15) is 11.7 Å². The van der Waals surface area contributed by atoms with Crippen LogP contribution in [0.1, 0.15) is 34.5 Å². The number of aryl methyl sites for hydroxylation is 2. The summed E-state index contributed by atoms with van der Waals surface area (Å²) in [4.78, 5) is 19.3. The third-order valence-electron chi connectivity index (χ3n) is 5.01. The van der Waals surface area contributed by atoms with Crippen molar-refractivity contribution in [2.75, 3.05) is 13.1 Å². The number of aromatic nitrogens is 2. The van der Waals surface area contributed by atoms with Crippen molar-refractivity contribution in [3.8, 4) is 17.2 Å². The predicted octanol–water partition coefficient (Wildman–Crippen LogP) is 4.04. The van der Waals surface area contributed by atoms with Crippen LogP contribution in [-0.4, -0.2) is 40.1 Å². The van der Waals surface area contributed by atoms with Gasteiger partial charge in [-0.15, -0.1) is 0 Å². The van der Waals surface area contributed by atoms with Crippen molar-refractivity contribution in [1.82, 2.24) is 15.0 Å². The van der Waals surface area contributed by atoms with Gasteiger partial charge in [-0.3, -0.25) is 4.79 Å². The molecule has 0 aliphatic carbocycles. The van der Waals surface area contributed by atoms with Crippen molar-refractivity contribution < 1.29 is 14.1 Å². The van der Waals surface area contributed by atoms with Gasteiger partial charge in [-0.05, 0) is 19.4 Å². The van der Waals surface area contributed by atoms with Crippen molar-refractivity contribution in [2.24, 2.45) is 0 Å². The van der Waals surface area contributed by atoms with E-state index in [2.05, 4.69) is 10.1 Å². The molecule has 0 spiro atoms. The number of hydrogen-bond donors (Lipinski definition) is 0. The highest BCUT2D eigenvalue weighted by atomic mass is 16.5. The van der Waals surface area contributed by atoms with E-state index in [1.807, 2.05) is 61.2 Å². The van der Waals surface area contributed by atoms with Gasteiger partial charge in [0, 0.05) is 43.8 Å². The maximum absolute atomic E-state index is 13.2. The van der Waals surface area contributed by atoms with Crippen molar-refractivity contribution >= 4 is 5.91 Å². The fourth-order valence-corrected chi connectivity index (χ4v) is 3.44. The van der Waals surface area contributed by atoms with Gasteiger partial charge >= 0.3 is 0 Å². The molecule has 144 valence electrons. The molecule has 0 bridgehead atoms. The smallest absolute Gasteiger partial charge is 0.259 e. The number of rotatable bonds is 4. The number of nitrogens with zero attached hydrogens (tertiary/aromatic N) is 3. The maximum atomic E-state index is 13.2. The number of carbonyl (C=O) groups excluding carboxylic acids is 1. The van der Waals surface area contributed by atoms with E-state index in [4.69, 9.17) is 9.26 Å². The number of benzene rings is 1. The van der Waals surface area contributed by atoms with E-state index in [9.17, 15) is 4.79 Å². The monoisotopic (exact) mass is 377 g/mol. The molecule has 0 N–H and O–H groups in total. The largest absolute Gasteiger partial charge is 0.474 e. The first-order valence-electron chi connectivity index (χ1n) is 9.52. The fourth-order valence-electron chi connectivity index (χ4n) is 3.44. The highest BCUT2D eigenvalue weighted by molar-refractivity contribution is 6.00. The van der Waals surface area contributed by atoms with Crippen LogP contribution in [0.15, 0.2) is 53.2 Å². The molecule has 0 atom stereocenters. The topological polar surface area (TPSA) is 68.5 Å². The molecular formula is C22H23N3O3. The summed E-state index contributed by atoms with van der Waals surface area (Å²) in [5.41, 5.74) is 3.12.